The third-order valence-electron chi connectivity index (χ3n) is 4.31. The highest BCUT2D eigenvalue weighted by molar-refractivity contribution is 5.98. The Morgan fingerprint density at radius 3 is 1.97 bits per heavy atom. The Kier molecular flexibility index (Phi) is 11.7. The molecule has 2 amide bonds. The number of ether oxygens (including phenoxy) is 1. The first-order chi connectivity index (χ1) is 14.8. The molecule has 10 nitrogen and oxygen atoms in total. The summed E-state index contributed by atoms with van der Waals surface area (Å²) in [7, 11) is 1.24. The van der Waals surface area contributed by atoms with Crippen LogP contribution in [0.4, 0.5) is 0 Å². The predicted octanol–water partition coefficient (Wildman–Crippen LogP) is -0.221. The Morgan fingerprint density at radius 2 is 1.39 bits per heavy atom. The molecular weight excluding hydrogens is 408 g/mol. The van der Waals surface area contributed by atoms with E-state index in [0.717, 1.165) is 0 Å². The summed E-state index contributed by atoms with van der Waals surface area (Å²) < 4.78 is 4.44. The number of Topliss-reactive ketones (excluding diaryl/α,β-unsaturated/α-hetero) is 2. The lowest BCUT2D eigenvalue weighted by Gasteiger charge is -2.07. The van der Waals surface area contributed by atoms with Gasteiger partial charge in [-0.3, -0.25) is 24.0 Å². The highest BCUT2D eigenvalue weighted by atomic mass is 16.5. The minimum atomic E-state index is -0.482. The number of carbonyl (C=O) groups is 5. The summed E-state index contributed by atoms with van der Waals surface area (Å²) in [6.07, 6.45) is -0.319. The van der Waals surface area contributed by atoms with Gasteiger partial charge in [0.1, 0.15) is 0 Å². The minimum absolute atomic E-state index is 0.0383. The molecule has 0 aromatic heterocycles. The molecular formula is C21H28N2O8. The second-order valence-electron chi connectivity index (χ2n) is 6.77. The summed E-state index contributed by atoms with van der Waals surface area (Å²) in [6.45, 7) is -0.692. The zero-order chi connectivity index (χ0) is 23.2. The van der Waals surface area contributed by atoms with Crippen LogP contribution in [0.1, 0.15) is 53.6 Å². The third-order valence-corrected chi connectivity index (χ3v) is 4.31. The molecule has 0 saturated carbocycles. The Labute approximate surface area is 180 Å². The van der Waals surface area contributed by atoms with Gasteiger partial charge in [0.05, 0.1) is 33.3 Å². The summed E-state index contributed by atoms with van der Waals surface area (Å²) >= 11 is 0. The van der Waals surface area contributed by atoms with E-state index in [-0.39, 0.29) is 81.4 Å². The van der Waals surface area contributed by atoms with Crippen LogP contribution >= 0.6 is 0 Å². The summed E-state index contributed by atoms with van der Waals surface area (Å²) in [6, 6.07) is 4.58. The molecule has 0 spiro atoms. The number of amides is 2. The molecule has 0 aliphatic heterocycles. The topological polar surface area (TPSA) is 159 Å². The molecule has 1 aromatic carbocycles. The average Bonchev–Trinajstić information content (AvgIpc) is 2.78. The summed E-state index contributed by atoms with van der Waals surface area (Å²) in [4.78, 5) is 58.5. The van der Waals surface area contributed by atoms with Crippen molar-refractivity contribution in [2.75, 3.05) is 20.2 Å². The molecule has 0 radical (unpaired) electrons. The number of esters is 1. The second-order valence-corrected chi connectivity index (χ2v) is 6.77. The fraction of sp³-hybridized carbons (Fsp3) is 0.476. The number of hydrogen-bond acceptors (Lipinski definition) is 8. The molecule has 0 aliphatic carbocycles. The van der Waals surface area contributed by atoms with Crippen LogP contribution in [-0.2, 0) is 37.1 Å². The van der Waals surface area contributed by atoms with Gasteiger partial charge in [-0.05, 0) is 23.3 Å². The van der Waals surface area contributed by atoms with Gasteiger partial charge in [-0.2, -0.15) is 0 Å². The SMILES string of the molecule is COC(=O)CCNC(=O)CCC(=O)CNC(=O)CCC(=O)c1cc(CO)cc(CO)c1. The molecule has 10 heteroatoms. The third kappa shape index (κ3) is 10.5. The Hall–Kier alpha value is -3.11. The molecule has 31 heavy (non-hydrogen) atoms. The van der Waals surface area contributed by atoms with Gasteiger partial charge in [0.25, 0.3) is 0 Å². The Morgan fingerprint density at radius 1 is 0.806 bits per heavy atom. The Bertz CT molecular complexity index is 784. The molecule has 0 saturated heterocycles. The van der Waals surface area contributed by atoms with Gasteiger partial charge >= 0.3 is 5.97 Å². The molecule has 0 aliphatic rings. The molecule has 0 fully saturated rings. The van der Waals surface area contributed by atoms with E-state index in [9.17, 15) is 34.2 Å². The molecule has 170 valence electrons. The van der Waals surface area contributed by atoms with Crippen LogP contribution in [-0.4, -0.2) is 59.8 Å². The van der Waals surface area contributed by atoms with Crippen molar-refractivity contribution in [3.63, 3.8) is 0 Å². The van der Waals surface area contributed by atoms with Crippen LogP contribution in [0, 0.1) is 0 Å². The van der Waals surface area contributed by atoms with E-state index in [1.165, 1.54) is 19.2 Å². The summed E-state index contributed by atoms with van der Waals surface area (Å²) in [5.74, 6) is -1.99. The van der Waals surface area contributed by atoms with E-state index in [1.54, 1.807) is 6.07 Å². The van der Waals surface area contributed by atoms with Gasteiger partial charge in [0, 0.05) is 37.8 Å². The smallest absolute Gasteiger partial charge is 0.307 e. The standard InChI is InChI=1S/C21H28N2O8/c1-31-21(30)6-7-22-19(28)4-2-17(26)11-23-20(29)5-3-18(27)16-9-14(12-24)8-15(10-16)13-25/h8-10,24-25H,2-7,11-13H2,1H3,(H,22,28)(H,23,29). The van der Waals surface area contributed by atoms with Crippen molar-refractivity contribution < 1.29 is 38.9 Å². The van der Waals surface area contributed by atoms with Gasteiger partial charge in [-0.25, -0.2) is 0 Å². The van der Waals surface area contributed by atoms with Crippen LogP contribution < -0.4 is 10.6 Å². The van der Waals surface area contributed by atoms with Crippen molar-refractivity contribution in [1.82, 2.24) is 10.6 Å². The first-order valence-corrected chi connectivity index (χ1v) is 9.78. The van der Waals surface area contributed by atoms with Crippen LogP contribution in [0.25, 0.3) is 0 Å². The quantitative estimate of drug-likeness (QED) is 0.230. The van der Waals surface area contributed by atoms with Crippen LogP contribution in [0.3, 0.4) is 0 Å². The number of aliphatic hydroxyl groups excluding tert-OH is 2. The normalized spacial score (nSPS) is 10.3. The lowest BCUT2D eigenvalue weighted by atomic mass is 10.0. The maximum absolute atomic E-state index is 12.3. The molecule has 1 aromatic rings. The van der Waals surface area contributed by atoms with Crippen LogP contribution in [0.5, 0.6) is 0 Å². The van der Waals surface area contributed by atoms with E-state index < -0.39 is 11.9 Å². The number of carbonyl (C=O) groups excluding carboxylic acids is 5. The number of aliphatic hydroxyl groups is 2. The molecule has 0 heterocycles. The maximum atomic E-state index is 12.3. The van der Waals surface area contributed by atoms with Crippen molar-refractivity contribution in [1.29, 1.82) is 0 Å². The highest BCUT2D eigenvalue weighted by Crippen LogP contribution is 2.13. The number of rotatable bonds is 14. The van der Waals surface area contributed by atoms with E-state index in [0.29, 0.717) is 11.1 Å². The van der Waals surface area contributed by atoms with Crippen molar-refractivity contribution in [3.05, 3.63) is 34.9 Å². The second kappa shape index (κ2) is 14.0. The van der Waals surface area contributed by atoms with Crippen LogP contribution in [0.15, 0.2) is 18.2 Å². The van der Waals surface area contributed by atoms with Gasteiger partial charge in [0.15, 0.2) is 11.6 Å². The summed E-state index contributed by atoms with van der Waals surface area (Å²) in [5.41, 5.74) is 1.26. The fourth-order valence-electron chi connectivity index (χ4n) is 2.60. The van der Waals surface area contributed by atoms with Crippen molar-refractivity contribution >= 4 is 29.4 Å². The van der Waals surface area contributed by atoms with E-state index in [4.69, 9.17) is 0 Å². The van der Waals surface area contributed by atoms with E-state index >= 15 is 0 Å². The zero-order valence-electron chi connectivity index (χ0n) is 17.4. The molecule has 0 unspecified atom stereocenters. The molecule has 4 N–H and O–H groups in total. The summed E-state index contributed by atoms with van der Waals surface area (Å²) in [5, 5.41) is 23.3. The van der Waals surface area contributed by atoms with Crippen molar-refractivity contribution in [3.8, 4) is 0 Å². The van der Waals surface area contributed by atoms with Gasteiger partial charge in [0.2, 0.25) is 11.8 Å². The van der Waals surface area contributed by atoms with Crippen LogP contribution in [0.2, 0.25) is 0 Å². The zero-order valence-corrected chi connectivity index (χ0v) is 17.4. The highest BCUT2D eigenvalue weighted by Gasteiger charge is 2.13. The lowest BCUT2D eigenvalue weighted by Crippen LogP contribution is -2.31. The minimum Gasteiger partial charge on any atom is -0.469 e. The number of benzene rings is 1. The number of nitrogens with one attached hydrogen (secondary N) is 2. The van der Waals surface area contributed by atoms with Crippen molar-refractivity contribution in [2.45, 2.75) is 45.3 Å². The van der Waals surface area contributed by atoms with Gasteiger partial charge in [-0.15, -0.1) is 0 Å². The van der Waals surface area contributed by atoms with Gasteiger partial charge < -0.3 is 25.6 Å². The molecule has 0 bridgehead atoms. The van der Waals surface area contributed by atoms with Gasteiger partial charge in [-0.1, -0.05) is 6.07 Å². The lowest BCUT2D eigenvalue weighted by molar-refractivity contribution is -0.140. The first-order valence-electron chi connectivity index (χ1n) is 9.78. The number of methoxy groups -OCH3 is 1. The monoisotopic (exact) mass is 436 g/mol. The maximum Gasteiger partial charge on any atom is 0.307 e. The predicted molar refractivity (Wildman–Crippen MR) is 109 cm³/mol. The largest absolute Gasteiger partial charge is 0.469 e. The number of ketones is 2. The fourth-order valence-corrected chi connectivity index (χ4v) is 2.60. The molecule has 1 rings (SSSR count). The van der Waals surface area contributed by atoms with Crippen molar-refractivity contribution in [2.24, 2.45) is 0 Å². The average molecular weight is 436 g/mol. The Balaban J connectivity index is 2.31. The van der Waals surface area contributed by atoms with E-state index in [2.05, 4.69) is 15.4 Å². The number of hydrogen-bond donors (Lipinski definition) is 4. The van der Waals surface area contributed by atoms with E-state index in [1.807, 2.05) is 0 Å². The first kappa shape index (κ1) is 25.9. The molecule has 0 atom stereocenters.